The molecule has 1 unspecified atom stereocenters. The maximum Gasteiger partial charge on any atom is 0.340 e. The zero-order valence-electron chi connectivity index (χ0n) is 18.9. The number of anilines is 1. The minimum Gasteiger partial charge on any atom is -0.464 e. The van der Waals surface area contributed by atoms with E-state index < -0.39 is 40.3 Å². The molecule has 0 spiro atoms. The number of esters is 1. The smallest absolute Gasteiger partial charge is 0.340 e. The van der Waals surface area contributed by atoms with Gasteiger partial charge in [0.05, 0.1) is 12.9 Å². The zero-order valence-corrected chi connectivity index (χ0v) is 21.2. The largest absolute Gasteiger partial charge is 0.464 e. The third-order valence-electron chi connectivity index (χ3n) is 5.06. The van der Waals surface area contributed by atoms with E-state index >= 15 is 0 Å². The second-order valence-corrected chi connectivity index (χ2v) is 10.1. The quantitative estimate of drug-likeness (QED) is 0.374. The second kappa shape index (κ2) is 11.0. The van der Waals surface area contributed by atoms with Gasteiger partial charge in [-0.25, -0.2) is 4.79 Å². The maximum atomic E-state index is 13.7. The molecule has 1 aliphatic heterocycles. The Morgan fingerprint density at radius 1 is 1.15 bits per heavy atom. The Balaban J connectivity index is 2.25. The minimum atomic E-state index is -4.16. The van der Waals surface area contributed by atoms with Crippen molar-refractivity contribution in [3.63, 3.8) is 0 Å². The molecule has 3 atom stereocenters. The fourth-order valence-corrected chi connectivity index (χ4v) is 4.71. The third kappa shape index (κ3) is 5.90. The highest BCUT2D eigenvalue weighted by atomic mass is 35.5. The summed E-state index contributed by atoms with van der Waals surface area (Å²) in [5.41, 5.74) is 1.54. The third-order valence-corrected chi connectivity index (χ3v) is 6.20. The average Bonchev–Trinajstić information content (AvgIpc) is 2.87. The van der Waals surface area contributed by atoms with Crippen molar-refractivity contribution in [1.29, 1.82) is 0 Å². The Hall–Kier alpha value is -2.17. The van der Waals surface area contributed by atoms with Crippen molar-refractivity contribution in [2.45, 2.75) is 38.6 Å². The van der Waals surface area contributed by atoms with E-state index in [9.17, 15) is 18.0 Å². The first kappa shape index (κ1) is 26.4. The highest BCUT2D eigenvalue weighted by Crippen LogP contribution is 2.42. The molecule has 1 amide bonds. The molecular formula is C23H25Cl2NO7S. The predicted molar refractivity (Wildman–Crippen MR) is 129 cm³/mol. The molecule has 34 heavy (non-hydrogen) atoms. The number of carbonyl (C=O) groups excluding carboxylic acids is 2. The molecule has 0 aliphatic carbocycles. The molecule has 0 aromatic heterocycles. The van der Waals surface area contributed by atoms with Gasteiger partial charge in [0, 0.05) is 33.4 Å². The molecule has 184 valence electrons. The molecule has 1 heterocycles. The topological polar surface area (TPSA) is 99.2 Å². The van der Waals surface area contributed by atoms with E-state index in [0.717, 1.165) is 6.26 Å². The van der Waals surface area contributed by atoms with E-state index in [1.807, 2.05) is 6.92 Å². The van der Waals surface area contributed by atoms with Gasteiger partial charge in [-0.05, 0) is 37.6 Å². The number of hydrogen-bond donors (Lipinski definition) is 0. The van der Waals surface area contributed by atoms with E-state index in [0.29, 0.717) is 33.3 Å². The van der Waals surface area contributed by atoms with Gasteiger partial charge >= 0.3 is 5.97 Å². The maximum absolute atomic E-state index is 13.7. The minimum absolute atomic E-state index is 0.0498. The lowest BCUT2D eigenvalue weighted by atomic mass is 9.99. The normalized spacial score (nSPS) is 19.3. The molecule has 0 N–H and O–H groups in total. The monoisotopic (exact) mass is 529 g/mol. The summed E-state index contributed by atoms with van der Waals surface area (Å²) in [6.07, 6.45) is -3.11. The molecule has 2 aromatic rings. The molecule has 0 bridgehead atoms. The summed E-state index contributed by atoms with van der Waals surface area (Å²) in [7, 11) is -4.16. The molecule has 2 aromatic carbocycles. The Labute approximate surface area is 208 Å². The van der Waals surface area contributed by atoms with Crippen molar-refractivity contribution in [2.75, 3.05) is 24.3 Å². The first-order valence-corrected chi connectivity index (χ1v) is 13.2. The van der Waals surface area contributed by atoms with E-state index in [4.69, 9.17) is 36.9 Å². The predicted octanol–water partition coefficient (Wildman–Crippen LogP) is 4.13. The van der Waals surface area contributed by atoms with Gasteiger partial charge in [0.2, 0.25) is 6.10 Å². The van der Waals surface area contributed by atoms with Crippen LogP contribution in [0.15, 0.2) is 42.5 Å². The standard InChI is InChI=1S/C23H25Cl2NO7S/c1-4-12-26-18-11-10-14(24)13-16(18)19(15-8-6-7-9-17(15)25)32-20(22(26)27)21(23(28)31-5-2)33-34(3,29)30/h6-11,13,19-21H,4-5,12H2,1-3H3/t19?,20-,21+/m1/s1. The Bertz CT molecular complexity index is 1170. The second-order valence-electron chi connectivity index (χ2n) is 7.62. The number of nitrogens with zero attached hydrogens (tertiary/aromatic N) is 1. The van der Waals surface area contributed by atoms with Crippen molar-refractivity contribution in [1.82, 2.24) is 0 Å². The van der Waals surface area contributed by atoms with Crippen LogP contribution >= 0.6 is 23.2 Å². The van der Waals surface area contributed by atoms with E-state index in [2.05, 4.69) is 0 Å². The first-order chi connectivity index (χ1) is 16.1. The van der Waals surface area contributed by atoms with Gasteiger partial charge in [-0.1, -0.05) is 48.3 Å². The van der Waals surface area contributed by atoms with Crippen LogP contribution in [0.3, 0.4) is 0 Å². The fourth-order valence-electron chi connectivity index (χ4n) is 3.74. The lowest BCUT2D eigenvalue weighted by Gasteiger charge is -2.28. The van der Waals surface area contributed by atoms with Gasteiger partial charge in [0.1, 0.15) is 6.10 Å². The Morgan fingerprint density at radius 2 is 1.85 bits per heavy atom. The number of benzene rings is 2. The summed E-state index contributed by atoms with van der Waals surface area (Å²) in [4.78, 5) is 27.9. The van der Waals surface area contributed by atoms with Crippen molar-refractivity contribution in [3.05, 3.63) is 63.6 Å². The highest BCUT2D eigenvalue weighted by Gasteiger charge is 2.46. The van der Waals surface area contributed by atoms with Crippen LogP contribution < -0.4 is 4.90 Å². The van der Waals surface area contributed by atoms with Gasteiger partial charge in [0.15, 0.2) is 6.10 Å². The van der Waals surface area contributed by atoms with Crippen LogP contribution in [0.25, 0.3) is 0 Å². The van der Waals surface area contributed by atoms with Crippen LogP contribution in [-0.4, -0.2) is 51.9 Å². The SMILES string of the molecule is CCCN1C(=O)[C@@H]([C@H](OS(C)(=O)=O)C(=O)OCC)OC(c2ccccc2Cl)c2cc(Cl)ccc21. The molecule has 1 aliphatic rings. The number of hydrogen-bond acceptors (Lipinski definition) is 7. The number of halogens is 2. The van der Waals surface area contributed by atoms with Gasteiger partial charge in [-0.2, -0.15) is 8.42 Å². The molecule has 8 nitrogen and oxygen atoms in total. The number of fused-ring (bicyclic) bond motifs is 1. The number of ether oxygens (including phenoxy) is 2. The lowest BCUT2D eigenvalue weighted by molar-refractivity contribution is -0.165. The molecule has 0 saturated heterocycles. The van der Waals surface area contributed by atoms with Crippen LogP contribution in [0.1, 0.15) is 37.5 Å². The molecule has 0 saturated carbocycles. The Kier molecular flexibility index (Phi) is 8.59. The van der Waals surface area contributed by atoms with Gasteiger partial charge in [0.25, 0.3) is 16.0 Å². The van der Waals surface area contributed by atoms with Crippen molar-refractivity contribution in [2.24, 2.45) is 0 Å². The molecule has 11 heteroatoms. The molecular weight excluding hydrogens is 505 g/mol. The summed E-state index contributed by atoms with van der Waals surface area (Å²) < 4.78 is 40.3. The number of carbonyl (C=O) groups is 2. The lowest BCUT2D eigenvalue weighted by Crippen LogP contribution is -2.51. The average molecular weight is 530 g/mol. The highest BCUT2D eigenvalue weighted by molar-refractivity contribution is 7.86. The van der Waals surface area contributed by atoms with Gasteiger partial charge < -0.3 is 14.4 Å². The fraction of sp³-hybridized carbons (Fsp3) is 0.391. The van der Waals surface area contributed by atoms with Crippen molar-refractivity contribution in [3.8, 4) is 0 Å². The summed E-state index contributed by atoms with van der Waals surface area (Å²) in [6.45, 7) is 3.66. The summed E-state index contributed by atoms with van der Waals surface area (Å²) in [6, 6.07) is 11.8. The zero-order chi connectivity index (χ0) is 25.0. The molecule has 3 rings (SSSR count). The van der Waals surface area contributed by atoms with E-state index in [1.165, 1.54) is 4.90 Å². The molecule has 0 radical (unpaired) electrons. The van der Waals surface area contributed by atoms with Gasteiger partial charge in [-0.3, -0.25) is 8.98 Å². The van der Waals surface area contributed by atoms with E-state index in [1.54, 1.807) is 49.4 Å². The summed E-state index contributed by atoms with van der Waals surface area (Å²) >= 11 is 12.8. The van der Waals surface area contributed by atoms with Crippen LogP contribution in [0.2, 0.25) is 10.0 Å². The molecule has 0 fully saturated rings. The summed E-state index contributed by atoms with van der Waals surface area (Å²) in [5, 5.41) is 0.751. The van der Waals surface area contributed by atoms with Crippen LogP contribution in [-0.2, 0) is 33.4 Å². The summed E-state index contributed by atoms with van der Waals surface area (Å²) in [5.74, 6) is -1.69. The number of rotatable bonds is 8. The van der Waals surface area contributed by atoms with Crippen LogP contribution in [0, 0.1) is 0 Å². The van der Waals surface area contributed by atoms with Crippen LogP contribution in [0.4, 0.5) is 5.69 Å². The van der Waals surface area contributed by atoms with Crippen molar-refractivity contribution < 1.29 is 31.7 Å². The Morgan fingerprint density at radius 3 is 2.47 bits per heavy atom. The van der Waals surface area contributed by atoms with Gasteiger partial charge in [-0.15, -0.1) is 0 Å². The first-order valence-electron chi connectivity index (χ1n) is 10.6. The van der Waals surface area contributed by atoms with E-state index in [-0.39, 0.29) is 13.2 Å². The van der Waals surface area contributed by atoms with Crippen LogP contribution in [0.5, 0.6) is 0 Å². The van der Waals surface area contributed by atoms with Crippen molar-refractivity contribution >= 4 is 50.9 Å². The number of amides is 1.